The number of hydrogen-bond donors (Lipinski definition) is 1. The van der Waals surface area contributed by atoms with Crippen LogP contribution in [-0.2, 0) is 0 Å². The summed E-state index contributed by atoms with van der Waals surface area (Å²) in [5, 5.41) is 0. The van der Waals surface area contributed by atoms with Gasteiger partial charge >= 0.3 is 0 Å². The minimum absolute atomic E-state index is 0.0459. The lowest BCUT2D eigenvalue weighted by Crippen LogP contribution is -2.14. The second-order valence-corrected chi connectivity index (χ2v) is 3.32. The Morgan fingerprint density at radius 2 is 2.07 bits per heavy atom. The zero-order chi connectivity index (χ0) is 11.1. The van der Waals surface area contributed by atoms with E-state index >= 15 is 0 Å². The molecule has 2 heteroatoms. The first-order valence-electron chi connectivity index (χ1n) is 4.95. The molecule has 15 heavy (non-hydrogen) atoms. The molecule has 0 spiro atoms. The molecule has 80 valence electrons. The van der Waals surface area contributed by atoms with Crippen molar-refractivity contribution in [2.45, 2.75) is 12.5 Å². The van der Waals surface area contributed by atoms with Gasteiger partial charge in [0.2, 0.25) is 0 Å². The van der Waals surface area contributed by atoms with E-state index in [1.54, 1.807) is 7.11 Å². The lowest BCUT2D eigenvalue weighted by Gasteiger charge is -2.02. The maximum Gasteiger partial charge on any atom is 0.118 e. The molecule has 0 aliphatic carbocycles. The Bertz CT molecular complexity index is 327. The summed E-state index contributed by atoms with van der Waals surface area (Å²) in [6.07, 6.45) is 6.60. The minimum Gasteiger partial charge on any atom is -0.497 e. The van der Waals surface area contributed by atoms with Crippen molar-refractivity contribution in [1.82, 2.24) is 0 Å². The molecule has 0 aliphatic rings. The van der Waals surface area contributed by atoms with Crippen molar-refractivity contribution in [1.29, 1.82) is 0 Å². The predicted molar refractivity (Wildman–Crippen MR) is 64.8 cm³/mol. The van der Waals surface area contributed by atoms with E-state index in [1.165, 1.54) is 0 Å². The van der Waals surface area contributed by atoms with Crippen molar-refractivity contribution in [3.05, 3.63) is 48.6 Å². The Morgan fingerprint density at radius 1 is 1.40 bits per heavy atom. The third-order valence-electron chi connectivity index (χ3n) is 2.09. The van der Waals surface area contributed by atoms with Crippen LogP contribution in [0.2, 0.25) is 0 Å². The molecule has 0 fully saturated rings. The Morgan fingerprint density at radius 3 is 2.60 bits per heavy atom. The summed E-state index contributed by atoms with van der Waals surface area (Å²) >= 11 is 0. The summed E-state index contributed by atoms with van der Waals surface area (Å²) in [7, 11) is 1.66. The number of benzene rings is 1. The van der Waals surface area contributed by atoms with E-state index in [-0.39, 0.29) is 6.04 Å². The van der Waals surface area contributed by atoms with E-state index in [0.717, 1.165) is 17.7 Å². The standard InChI is InChI=1S/C13H17NO/c1-3-4-12(14)8-5-11-6-9-13(15-2)10-7-11/h3,5-10,12H,1,4,14H2,2H3/b8-5+. The van der Waals surface area contributed by atoms with Crippen molar-refractivity contribution in [3.8, 4) is 5.75 Å². The van der Waals surface area contributed by atoms with Crippen LogP contribution in [0, 0.1) is 0 Å². The largest absolute Gasteiger partial charge is 0.497 e. The molecule has 2 nitrogen and oxygen atoms in total. The maximum absolute atomic E-state index is 5.81. The Balaban J connectivity index is 2.60. The SMILES string of the molecule is C=CCC(N)/C=C/c1ccc(OC)cc1. The molecule has 0 aliphatic heterocycles. The molecule has 0 radical (unpaired) electrons. The van der Waals surface area contributed by atoms with Gasteiger partial charge in [-0.15, -0.1) is 6.58 Å². The quantitative estimate of drug-likeness (QED) is 0.746. The van der Waals surface area contributed by atoms with Gasteiger partial charge in [0.25, 0.3) is 0 Å². The van der Waals surface area contributed by atoms with Crippen LogP contribution in [0.3, 0.4) is 0 Å². The Kier molecular flexibility index (Phi) is 4.64. The number of ether oxygens (including phenoxy) is 1. The molecule has 2 N–H and O–H groups in total. The van der Waals surface area contributed by atoms with Gasteiger partial charge in [-0.3, -0.25) is 0 Å². The lowest BCUT2D eigenvalue weighted by molar-refractivity contribution is 0.415. The molecule has 1 aromatic rings. The van der Waals surface area contributed by atoms with Crippen molar-refractivity contribution in [3.63, 3.8) is 0 Å². The molecule has 1 atom stereocenters. The summed E-state index contributed by atoms with van der Waals surface area (Å²) in [5.74, 6) is 0.863. The van der Waals surface area contributed by atoms with Gasteiger partial charge in [0, 0.05) is 6.04 Å². The summed E-state index contributed by atoms with van der Waals surface area (Å²) in [4.78, 5) is 0. The predicted octanol–water partition coefficient (Wildman–Crippen LogP) is 2.61. The average Bonchev–Trinajstić information content (AvgIpc) is 2.27. The molecule has 0 heterocycles. The first kappa shape index (κ1) is 11.5. The fraction of sp³-hybridized carbons (Fsp3) is 0.231. The van der Waals surface area contributed by atoms with E-state index < -0.39 is 0 Å². The van der Waals surface area contributed by atoms with E-state index in [1.807, 2.05) is 42.5 Å². The highest BCUT2D eigenvalue weighted by molar-refractivity contribution is 5.51. The van der Waals surface area contributed by atoms with Gasteiger partial charge in [-0.2, -0.15) is 0 Å². The highest BCUT2D eigenvalue weighted by Crippen LogP contribution is 2.12. The molecular formula is C13H17NO. The summed E-state index contributed by atoms with van der Waals surface area (Å²) in [5.41, 5.74) is 6.93. The molecule has 1 unspecified atom stereocenters. The van der Waals surface area contributed by atoms with Crippen LogP contribution in [-0.4, -0.2) is 13.2 Å². The summed E-state index contributed by atoms with van der Waals surface area (Å²) in [6, 6.07) is 7.90. The van der Waals surface area contributed by atoms with Crippen LogP contribution in [0.25, 0.3) is 6.08 Å². The topological polar surface area (TPSA) is 35.2 Å². The van der Waals surface area contributed by atoms with Crippen molar-refractivity contribution < 1.29 is 4.74 Å². The number of methoxy groups -OCH3 is 1. The monoisotopic (exact) mass is 203 g/mol. The smallest absolute Gasteiger partial charge is 0.118 e. The Hall–Kier alpha value is -1.54. The van der Waals surface area contributed by atoms with Gasteiger partial charge in [0.1, 0.15) is 5.75 Å². The van der Waals surface area contributed by atoms with Gasteiger partial charge < -0.3 is 10.5 Å². The molecule has 0 aromatic heterocycles. The number of nitrogens with two attached hydrogens (primary N) is 1. The van der Waals surface area contributed by atoms with Crippen LogP contribution in [0.4, 0.5) is 0 Å². The normalized spacial score (nSPS) is 12.7. The van der Waals surface area contributed by atoms with Gasteiger partial charge in [-0.25, -0.2) is 0 Å². The summed E-state index contributed by atoms with van der Waals surface area (Å²) < 4.78 is 5.07. The lowest BCUT2D eigenvalue weighted by atomic mass is 10.1. The van der Waals surface area contributed by atoms with Crippen molar-refractivity contribution in [2.24, 2.45) is 5.73 Å². The van der Waals surface area contributed by atoms with Crippen LogP contribution >= 0.6 is 0 Å². The first-order valence-corrected chi connectivity index (χ1v) is 4.95. The Labute approximate surface area is 91.1 Å². The van der Waals surface area contributed by atoms with Gasteiger partial charge in [0.05, 0.1) is 7.11 Å². The van der Waals surface area contributed by atoms with E-state index in [2.05, 4.69) is 6.58 Å². The van der Waals surface area contributed by atoms with Crippen LogP contribution in [0.1, 0.15) is 12.0 Å². The fourth-order valence-electron chi connectivity index (χ4n) is 1.22. The average molecular weight is 203 g/mol. The van der Waals surface area contributed by atoms with E-state index in [4.69, 9.17) is 10.5 Å². The third kappa shape index (κ3) is 4.00. The molecular weight excluding hydrogens is 186 g/mol. The third-order valence-corrected chi connectivity index (χ3v) is 2.09. The van der Waals surface area contributed by atoms with Gasteiger partial charge in [-0.1, -0.05) is 30.4 Å². The van der Waals surface area contributed by atoms with E-state index in [0.29, 0.717) is 0 Å². The first-order chi connectivity index (χ1) is 7.26. The number of rotatable bonds is 5. The molecule has 0 amide bonds. The second kappa shape index (κ2) is 6.04. The van der Waals surface area contributed by atoms with Crippen molar-refractivity contribution in [2.75, 3.05) is 7.11 Å². The zero-order valence-corrected chi connectivity index (χ0v) is 9.02. The molecule has 1 rings (SSSR count). The van der Waals surface area contributed by atoms with E-state index in [9.17, 15) is 0 Å². The van der Waals surface area contributed by atoms with Crippen LogP contribution in [0.5, 0.6) is 5.75 Å². The molecule has 0 bridgehead atoms. The molecule has 0 saturated heterocycles. The molecule has 0 saturated carbocycles. The highest BCUT2D eigenvalue weighted by Gasteiger charge is 1.93. The van der Waals surface area contributed by atoms with Crippen molar-refractivity contribution >= 4 is 6.08 Å². The number of hydrogen-bond acceptors (Lipinski definition) is 2. The second-order valence-electron chi connectivity index (χ2n) is 3.32. The fourth-order valence-corrected chi connectivity index (χ4v) is 1.22. The van der Waals surface area contributed by atoms with Gasteiger partial charge in [-0.05, 0) is 24.1 Å². The van der Waals surface area contributed by atoms with Crippen LogP contribution in [0.15, 0.2) is 43.0 Å². The molecule has 1 aromatic carbocycles. The maximum atomic E-state index is 5.81. The van der Waals surface area contributed by atoms with Crippen LogP contribution < -0.4 is 10.5 Å². The minimum atomic E-state index is 0.0459. The highest BCUT2D eigenvalue weighted by atomic mass is 16.5. The zero-order valence-electron chi connectivity index (χ0n) is 9.02. The summed E-state index contributed by atoms with van der Waals surface area (Å²) in [6.45, 7) is 3.65. The van der Waals surface area contributed by atoms with Gasteiger partial charge in [0.15, 0.2) is 0 Å².